The van der Waals surface area contributed by atoms with Gasteiger partial charge in [-0.25, -0.2) is 0 Å². The van der Waals surface area contributed by atoms with Crippen molar-refractivity contribution in [3.05, 3.63) is 0 Å². The quantitative estimate of drug-likeness (QED) is 0.360. The molecule has 0 fully saturated rings. The number of methoxy groups -OCH3 is 1. The van der Waals surface area contributed by atoms with Crippen LogP contribution in [0.3, 0.4) is 0 Å². The first-order valence-electron chi connectivity index (χ1n) is 10.2. The second kappa shape index (κ2) is 10.6. The van der Waals surface area contributed by atoms with Crippen LogP contribution in [0.15, 0.2) is 4.99 Å². The zero-order valence-electron chi connectivity index (χ0n) is 19.7. The van der Waals surface area contributed by atoms with Crippen molar-refractivity contribution in [3.63, 3.8) is 0 Å². The second-order valence-corrected chi connectivity index (χ2v) is 8.82. The zero-order chi connectivity index (χ0) is 22.3. The number of Topliss-reactive ketones (excluding diaryl/α,β-unsaturated/α-hetero) is 2. The molecule has 0 aromatic heterocycles. The summed E-state index contributed by atoms with van der Waals surface area (Å²) >= 11 is 0. The highest BCUT2D eigenvalue weighted by molar-refractivity contribution is 6.00. The minimum absolute atomic E-state index is 0.0907. The fraction of sp³-hybridized carbons (Fsp3) is 0.864. The third-order valence-corrected chi connectivity index (χ3v) is 5.05. The van der Waals surface area contributed by atoms with Crippen LogP contribution in [0.5, 0.6) is 0 Å². The van der Waals surface area contributed by atoms with E-state index in [4.69, 9.17) is 14.2 Å². The van der Waals surface area contributed by atoms with Crippen LogP contribution < -0.4 is 0 Å². The molecule has 5 atom stereocenters. The van der Waals surface area contributed by atoms with Crippen LogP contribution in [0.25, 0.3) is 0 Å². The molecule has 0 aliphatic rings. The van der Waals surface area contributed by atoms with Gasteiger partial charge >= 0.3 is 0 Å². The number of carbonyl (C=O) groups excluding carboxylic acids is 2. The van der Waals surface area contributed by atoms with Gasteiger partial charge in [-0.3, -0.25) is 14.6 Å². The first-order chi connectivity index (χ1) is 12.7. The Morgan fingerprint density at radius 2 is 1.36 bits per heavy atom. The van der Waals surface area contributed by atoms with Crippen LogP contribution in [0.2, 0.25) is 0 Å². The van der Waals surface area contributed by atoms with E-state index in [1.807, 2.05) is 34.6 Å². The van der Waals surface area contributed by atoms with Gasteiger partial charge in [0.05, 0.1) is 11.5 Å². The summed E-state index contributed by atoms with van der Waals surface area (Å²) in [6.45, 7) is 18.4. The molecule has 5 unspecified atom stereocenters. The highest BCUT2D eigenvalue weighted by Crippen LogP contribution is 2.27. The molecule has 0 aromatic rings. The highest BCUT2D eigenvalue weighted by atomic mass is 16.7. The maximum atomic E-state index is 13.0. The standard InChI is InChI=1S/C22H41NO5/c1-12-21(9,18(24)15(3)14-23-20(6,7)8)27-16(4)19(25)22(10,13-2)28-17(5)26-11/h14-17H,12-13H2,1-11H3/b23-14+. The highest BCUT2D eigenvalue weighted by Gasteiger charge is 2.43. The van der Waals surface area contributed by atoms with E-state index in [0.29, 0.717) is 12.8 Å². The lowest BCUT2D eigenvalue weighted by Crippen LogP contribution is -2.51. The Hall–Kier alpha value is -1.11. The van der Waals surface area contributed by atoms with E-state index in [1.54, 1.807) is 40.8 Å². The number of rotatable bonds is 12. The Kier molecular flexibility index (Phi) is 10.2. The Morgan fingerprint density at radius 3 is 1.75 bits per heavy atom. The van der Waals surface area contributed by atoms with Crippen LogP contribution in [0.4, 0.5) is 0 Å². The van der Waals surface area contributed by atoms with Crippen molar-refractivity contribution < 1.29 is 23.8 Å². The molecule has 0 aliphatic heterocycles. The van der Waals surface area contributed by atoms with E-state index in [9.17, 15) is 9.59 Å². The number of ether oxygens (including phenoxy) is 3. The lowest BCUT2D eigenvalue weighted by atomic mass is 9.88. The number of aliphatic imine (C=N–C) groups is 1. The molecule has 28 heavy (non-hydrogen) atoms. The van der Waals surface area contributed by atoms with Gasteiger partial charge < -0.3 is 14.2 Å². The van der Waals surface area contributed by atoms with E-state index < -0.39 is 29.5 Å². The lowest BCUT2D eigenvalue weighted by Gasteiger charge is -2.36. The van der Waals surface area contributed by atoms with Gasteiger partial charge in [-0.1, -0.05) is 20.8 Å². The maximum absolute atomic E-state index is 13.0. The van der Waals surface area contributed by atoms with E-state index in [1.165, 1.54) is 7.11 Å². The molecule has 0 N–H and O–H groups in total. The average molecular weight is 400 g/mol. The Morgan fingerprint density at radius 1 is 0.893 bits per heavy atom. The Labute approximate surface area is 171 Å². The summed E-state index contributed by atoms with van der Waals surface area (Å²) in [7, 11) is 1.53. The molecule has 0 amide bonds. The van der Waals surface area contributed by atoms with Gasteiger partial charge in [0.25, 0.3) is 0 Å². The molecule has 0 saturated heterocycles. The Bertz CT molecular complexity index is 554. The van der Waals surface area contributed by atoms with Crippen LogP contribution in [0, 0.1) is 5.92 Å². The van der Waals surface area contributed by atoms with Crippen molar-refractivity contribution in [2.45, 2.75) is 111 Å². The normalized spacial score (nSPS) is 20.2. The second-order valence-electron chi connectivity index (χ2n) is 8.82. The van der Waals surface area contributed by atoms with Crippen molar-refractivity contribution in [1.82, 2.24) is 0 Å². The third-order valence-electron chi connectivity index (χ3n) is 5.05. The average Bonchev–Trinajstić information content (AvgIpc) is 2.63. The van der Waals surface area contributed by atoms with Crippen molar-refractivity contribution in [2.24, 2.45) is 10.9 Å². The molecule has 0 heterocycles. The Balaban J connectivity index is 5.42. The zero-order valence-corrected chi connectivity index (χ0v) is 19.7. The van der Waals surface area contributed by atoms with E-state index in [0.717, 1.165) is 0 Å². The first-order valence-corrected chi connectivity index (χ1v) is 10.2. The van der Waals surface area contributed by atoms with Crippen LogP contribution in [-0.4, -0.2) is 54.0 Å². The predicted molar refractivity (Wildman–Crippen MR) is 113 cm³/mol. The summed E-state index contributed by atoms with van der Waals surface area (Å²) < 4.78 is 17.0. The minimum atomic E-state index is -1.08. The van der Waals surface area contributed by atoms with E-state index in [2.05, 4.69) is 4.99 Å². The van der Waals surface area contributed by atoms with Crippen LogP contribution >= 0.6 is 0 Å². The van der Waals surface area contributed by atoms with E-state index in [-0.39, 0.29) is 17.1 Å². The molecule has 0 saturated carbocycles. The lowest BCUT2D eigenvalue weighted by molar-refractivity contribution is -0.202. The van der Waals surface area contributed by atoms with Gasteiger partial charge in [0.1, 0.15) is 17.3 Å². The molecular formula is C22H41NO5. The molecule has 0 radical (unpaired) electrons. The van der Waals surface area contributed by atoms with Gasteiger partial charge in [0.15, 0.2) is 17.9 Å². The molecule has 6 nitrogen and oxygen atoms in total. The summed E-state index contributed by atoms with van der Waals surface area (Å²) in [6, 6.07) is 0. The van der Waals surface area contributed by atoms with Crippen LogP contribution in [-0.2, 0) is 23.8 Å². The van der Waals surface area contributed by atoms with Gasteiger partial charge in [-0.05, 0) is 61.3 Å². The summed E-state index contributed by atoms with van der Waals surface area (Å²) in [6.07, 6.45) is 1.28. The molecule has 0 spiro atoms. The van der Waals surface area contributed by atoms with E-state index >= 15 is 0 Å². The maximum Gasteiger partial charge on any atom is 0.192 e. The van der Waals surface area contributed by atoms with Gasteiger partial charge in [-0.2, -0.15) is 0 Å². The summed E-state index contributed by atoms with van der Waals surface area (Å²) in [5.41, 5.74) is -2.38. The minimum Gasteiger partial charge on any atom is -0.357 e. The van der Waals surface area contributed by atoms with Crippen molar-refractivity contribution in [1.29, 1.82) is 0 Å². The predicted octanol–water partition coefficient (Wildman–Crippen LogP) is 4.38. The van der Waals surface area contributed by atoms with Crippen molar-refractivity contribution in [2.75, 3.05) is 7.11 Å². The van der Waals surface area contributed by atoms with Gasteiger partial charge in [0.2, 0.25) is 0 Å². The van der Waals surface area contributed by atoms with Gasteiger partial charge in [-0.15, -0.1) is 0 Å². The number of carbonyl (C=O) groups is 2. The largest absolute Gasteiger partial charge is 0.357 e. The van der Waals surface area contributed by atoms with Crippen molar-refractivity contribution >= 4 is 17.8 Å². The topological polar surface area (TPSA) is 74.2 Å². The fourth-order valence-electron chi connectivity index (χ4n) is 2.80. The number of nitrogens with zero attached hydrogens (tertiary/aromatic N) is 1. The fourth-order valence-corrected chi connectivity index (χ4v) is 2.80. The molecular weight excluding hydrogens is 358 g/mol. The molecule has 0 aliphatic carbocycles. The molecule has 0 aromatic carbocycles. The number of hydrogen-bond acceptors (Lipinski definition) is 6. The molecule has 0 bridgehead atoms. The summed E-state index contributed by atoms with van der Waals surface area (Å²) in [5.74, 6) is -0.705. The SMILES string of the molecule is CCC(C)(OC(C)C(=O)C(C)(CC)OC(C)OC)C(=O)C(C)/C=N/C(C)(C)C. The molecule has 0 rings (SSSR count). The molecule has 164 valence electrons. The third kappa shape index (κ3) is 7.72. The number of ketones is 2. The molecule has 6 heteroatoms. The monoisotopic (exact) mass is 399 g/mol. The summed E-state index contributed by atoms with van der Waals surface area (Å²) in [4.78, 5) is 30.5. The first kappa shape index (κ1) is 26.9. The smallest absolute Gasteiger partial charge is 0.192 e. The van der Waals surface area contributed by atoms with Gasteiger partial charge in [0, 0.05) is 13.3 Å². The van der Waals surface area contributed by atoms with Crippen LogP contribution in [0.1, 0.15) is 82.1 Å². The summed E-state index contributed by atoms with van der Waals surface area (Å²) in [5, 5.41) is 0. The van der Waals surface area contributed by atoms with Crippen molar-refractivity contribution in [3.8, 4) is 0 Å². The number of hydrogen-bond donors (Lipinski definition) is 0.